The fraction of sp³-hybridized carbons (Fsp3) is 0.667. The van der Waals surface area contributed by atoms with Crippen molar-refractivity contribution in [1.29, 1.82) is 0 Å². The van der Waals surface area contributed by atoms with Crippen LogP contribution < -0.4 is 15.4 Å². The van der Waals surface area contributed by atoms with Crippen molar-refractivity contribution >= 4 is 29.9 Å². The maximum atomic E-state index is 5.89. The van der Waals surface area contributed by atoms with Gasteiger partial charge in [0.05, 0.1) is 19.3 Å². The third kappa shape index (κ3) is 11.0. The molecule has 0 amide bonds. The summed E-state index contributed by atoms with van der Waals surface area (Å²) in [7, 11) is 3.79. The Bertz CT molecular complexity index is 583. The van der Waals surface area contributed by atoms with E-state index in [1.165, 1.54) is 0 Å². The van der Waals surface area contributed by atoms with Crippen LogP contribution in [0.3, 0.4) is 0 Å². The van der Waals surface area contributed by atoms with Gasteiger partial charge in [-0.05, 0) is 44.5 Å². The molecule has 0 radical (unpaired) electrons. The highest BCUT2D eigenvalue weighted by Gasteiger charge is 2.15. The summed E-state index contributed by atoms with van der Waals surface area (Å²) < 4.78 is 16.6. The zero-order valence-corrected chi connectivity index (χ0v) is 20.3. The van der Waals surface area contributed by atoms with E-state index in [0.29, 0.717) is 19.3 Å². The van der Waals surface area contributed by atoms with Gasteiger partial charge in [-0.3, -0.25) is 0 Å². The number of nitrogens with one attached hydrogen (secondary N) is 2. The zero-order valence-electron chi connectivity index (χ0n) is 18.0. The molecule has 8 heteroatoms. The van der Waals surface area contributed by atoms with Crippen LogP contribution in [0.25, 0.3) is 0 Å². The summed E-state index contributed by atoms with van der Waals surface area (Å²) in [6.45, 7) is 8.33. The quantitative estimate of drug-likeness (QED) is 0.251. The Morgan fingerprint density at radius 2 is 2.10 bits per heavy atom. The van der Waals surface area contributed by atoms with Gasteiger partial charge in [0.1, 0.15) is 12.4 Å². The van der Waals surface area contributed by atoms with Crippen LogP contribution in [0, 0.1) is 0 Å². The van der Waals surface area contributed by atoms with Crippen molar-refractivity contribution in [3.05, 3.63) is 29.8 Å². The Kier molecular flexibility index (Phi) is 14.0. The molecule has 0 aromatic heterocycles. The van der Waals surface area contributed by atoms with Crippen LogP contribution in [0.4, 0.5) is 0 Å². The minimum atomic E-state index is 0. The maximum Gasteiger partial charge on any atom is 0.191 e. The molecule has 1 aliphatic rings. The maximum absolute atomic E-state index is 5.89. The molecular weight excluding hydrogens is 483 g/mol. The van der Waals surface area contributed by atoms with E-state index in [1.54, 1.807) is 7.11 Å². The Balaban J connectivity index is 0.00000420. The smallest absolute Gasteiger partial charge is 0.191 e. The molecule has 2 rings (SSSR count). The number of hydrogen-bond acceptors (Lipinski definition) is 5. The molecule has 1 aromatic rings. The highest BCUT2D eigenvalue weighted by molar-refractivity contribution is 14.0. The van der Waals surface area contributed by atoms with Gasteiger partial charge in [-0.1, -0.05) is 12.1 Å². The zero-order chi connectivity index (χ0) is 20.0. The van der Waals surface area contributed by atoms with Crippen LogP contribution in [0.5, 0.6) is 5.75 Å². The van der Waals surface area contributed by atoms with Crippen LogP contribution in [0.15, 0.2) is 29.3 Å². The first-order valence-corrected chi connectivity index (χ1v) is 10.2. The molecule has 29 heavy (non-hydrogen) atoms. The first kappa shape index (κ1) is 25.9. The molecule has 0 saturated carbocycles. The third-order valence-corrected chi connectivity index (χ3v) is 4.60. The lowest BCUT2D eigenvalue weighted by Gasteiger charge is -2.16. The van der Waals surface area contributed by atoms with Crippen molar-refractivity contribution in [1.82, 2.24) is 15.5 Å². The topological polar surface area (TPSA) is 67.4 Å². The molecule has 1 heterocycles. The second-order valence-corrected chi connectivity index (χ2v) is 7.00. The summed E-state index contributed by atoms with van der Waals surface area (Å²) in [6, 6.07) is 8.14. The lowest BCUT2D eigenvalue weighted by molar-refractivity contribution is 0.114. The van der Waals surface area contributed by atoms with E-state index >= 15 is 0 Å². The molecule has 1 aliphatic heterocycles. The largest absolute Gasteiger partial charge is 0.492 e. The van der Waals surface area contributed by atoms with Crippen LogP contribution in [-0.2, 0) is 16.0 Å². The number of aliphatic imine (C=N–C) groups is 1. The standard InChI is InChI=1S/C21H36N4O3.HI/c1-4-22-21(24-17-20-9-6-12-27-20)23-16-18-7-5-8-19(15-18)28-14-11-25(2)10-13-26-3;/h5,7-8,15,20H,4,6,9-14,16-17H2,1-3H3,(H2,22,23,24);1H. The Hall–Kier alpha value is -1.10. The van der Waals surface area contributed by atoms with Crippen LogP contribution >= 0.6 is 24.0 Å². The fourth-order valence-corrected chi connectivity index (χ4v) is 2.94. The van der Waals surface area contributed by atoms with Crippen molar-refractivity contribution < 1.29 is 14.2 Å². The highest BCUT2D eigenvalue weighted by Crippen LogP contribution is 2.14. The molecule has 1 aromatic carbocycles. The molecule has 0 aliphatic carbocycles. The Morgan fingerprint density at radius 1 is 1.28 bits per heavy atom. The van der Waals surface area contributed by atoms with Crippen LogP contribution in [0.2, 0.25) is 0 Å². The minimum Gasteiger partial charge on any atom is -0.492 e. The predicted octanol–water partition coefficient (Wildman–Crippen LogP) is 2.50. The molecule has 1 unspecified atom stereocenters. The summed E-state index contributed by atoms with van der Waals surface area (Å²) in [6.07, 6.45) is 2.56. The number of hydrogen-bond donors (Lipinski definition) is 2. The second kappa shape index (κ2) is 15.7. The van der Waals surface area contributed by atoms with Crippen molar-refractivity contribution in [2.24, 2.45) is 4.99 Å². The van der Waals surface area contributed by atoms with E-state index in [9.17, 15) is 0 Å². The number of halogens is 1. The van der Waals surface area contributed by atoms with Gasteiger partial charge in [0.15, 0.2) is 5.96 Å². The van der Waals surface area contributed by atoms with E-state index in [0.717, 1.165) is 69.5 Å². The van der Waals surface area contributed by atoms with Gasteiger partial charge in [-0.15, -0.1) is 24.0 Å². The number of benzene rings is 1. The summed E-state index contributed by atoms with van der Waals surface area (Å²) in [5.41, 5.74) is 1.12. The van der Waals surface area contributed by atoms with Crippen molar-refractivity contribution in [2.45, 2.75) is 32.4 Å². The molecule has 1 saturated heterocycles. The normalized spacial score (nSPS) is 16.6. The summed E-state index contributed by atoms with van der Waals surface area (Å²) in [5.74, 6) is 1.70. The molecule has 0 spiro atoms. The molecule has 166 valence electrons. The molecule has 1 fully saturated rings. The second-order valence-electron chi connectivity index (χ2n) is 7.00. The summed E-state index contributed by atoms with van der Waals surface area (Å²) >= 11 is 0. The van der Waals surface area contributed by atoms with Gasteiger partial charge in [-0.2, -0.15) is 0 Å². The van der Waals surface area contributed by atoms with Gasteiger partial charge in [0.25, 0.3) is 0 Å². The van der Waals surface area contributed by atoms with Crippen molar-refractivity contribution in [3.8, 4) is 5.75 Å². The highest BCUT2D eigenvalue weighted by atomic mass is 127. The Labute approximate surface area is 192 Å². The number of methoxy groups -OCH3 is 1. The van der Waals surface area contributed by atoms with Crippen LogP contribution in [-0.4, -0.2) is 77.1 Å². The third-order valence-electron chi connectivity index (χ3n) is 4.60. The average molecular weight is 520 g/mol. The van der Waals surface area contributed by atoms with Crippen molar-refractivity contribution in [3.63, 3.8) is 0 Å². The number of likely N-dealkylation sites (N-methyl/N-ethyl adjacent to an activating group) is 1. The lowest BCUT2D eigenvalue weighted by Crippen LogP contribution is -2.41. The average Bonchev–Trinajstić information content (AvgIpc) is 3.22. The van der Waals surface area contributed by atoms with Gasteiger partial charge >= 0.3 is 0 Å². The fourth-order valence-electron chi connectivity index (χ4n) is 2.94. The summed E-state index contributed by atoms with van der Waals surface area (Å²) in [5, 5.41) is 6.67. The molecule has 2 N–H and O–H groups in total. The predicted molar refractivity (Wildman–Crippen MR) is 129 cm³/mol. The van der Waals surface area contributed by atoms with Gasteiger partial charge in [-0.25, -0.2) is 4.99 Å². The number of nitrogens with zero attached hydrogens (tertiary/aromatic N) is 2. The van der Waals surface area contributed by atoms with E-state index < -0.39 is 0 Å². The van der Waals surface area contributed by atoms with E-state index in [-0.39, 0.29) is 24.0 Å². The number of rotatable bonds is 12. The molecular formula is C21H37IN4O3. The van der Waals surface area contributed by atoms with E-state index in [4.69, 9.17) is 14.2 Å². The van der Waals surface area contributed by atoms with Crippen molar-refractivity contribution in [2.75, 3.05) is 60.2 Å². The number of guanidine groups is 1. The Morgan fingerprint density at radius 3 is 2.83 bits per heavy atom. The van der Waals surface area contributed by atoms with Gasteiger partial charge in [0.2, 0.25) is 0 Å². The molecule has 0 bridgehead atoms. The first-order valence-electron chi connectivity index (χ1n) is 10.2. The lowest BCUT2D eigenvalue weighted by atomic mass is 10.2. The van der Waals surface area contributed by atoms with Gasteiger partial charge in [0, 0.05) is 39.9 Å². The molecule has 1 atom stereocenters. The molecule has 7 nitrogen and oxygen atoms in total. The van der Waals surface area contributed by atoms with Gasteiger partial charge < -0.3 is 29.7 Å². The monoisotopic (exact) mass is 520 g/mol. The van der Waals surface area contributed by atoms with E-state index in [1.807, 2.05) is 12.1 Å². The first-order chi connectivity index (χ1) is 13.7. The number of ether oxygens (including phenoxy) is 3. The van der Waals surface area contributed by atoms with Crippen LogP contribution in [0.1, 0.15) is 25.3 Å². The summed E-state index contributed by atoms with van der Waals surface area (Å²) in [4.78, 5) is 6.88. The minimum absolute atomic E-state index is 0. The SMILES string of the molecule is CCNC(=NCc1cccc(OCCN(C)CCOC)c1)NCC1CCCO1.I. The van der Waals surface area contributed by atoms with E-state index in [2.05, 4.69) is 46.6 Å².